The molecule has 94 valence electrons. The number of rotatable bonds is 5. The van der Waals surface area contributed by atoms with E-state index >= 15 is 0 Å². The molecule has 0 fully saturated rings. The summed E-state index contributed by atoms with van der Waals surface area (Å²) in [5.74, 6) is 0.471. The number of ether oxygens (including phenoxy) is 2. The summed E-state index contributed by atoms with van der Waals surface area (Å²) in [7, 11) is 2.98. The van der Waals surface area contributed by atoms with E-state index in [9.17, 15) is 4.39 Å². The predicted octanol–water partition coefficient (Wildman–Crippen LogP) is 2.31. The lowest BCUT2D eigenvalue weighted by Gasteiger charge is -2.13. The maximum atomic E-state index is 13.8. The van der Waals surface area contributed by atoms with Crippen LogP contribution >= 0.6 is 12.2 Å². The summed E-state index contributed by atoms with van der Waals surface area (Å²) in [5.41, 5.74) is 6.03. The standard InChI is InChI=1S/C12H16FNO2S/c1-7(12(14)17)4-8-5-10(15-2)11(16-3)6-9(8)13/h5-7H,4H2,1-3H3,(H2,14,17). The Morgan fingerprint density at radius 1 is 1.35 bits per heavy atom. The molecule has 0 saturated heterocycles. The maximum Gasteiger partial charge on any atom is 0.163 e. The van der Waals surface area contributed by atoms with Crippen molar-refractivity contribution in [3.63, 3.8) is 0 Å². The molecule has 0 aliphatic heterocycles. The van der Waals surface area contributed by atoms with E-state index in [1.165, 1.54) is 20.3 Å². The number of hydrogen-bond acceptors (Lipinski definition) is 3. The van der Waals surface area contributed by atoms with E-state index in [2.05, 4.69) is 0 Å². The lowest BCUT2D eigenvalue weighted by molar-refractivity contribution is 0.351. The zero-order valence-electron chi connectivity index (χ0n) is 10.1. The van der Waals surface area contributed by atoms with E-state index in [0.717, 1.165) is 0 Å². The Balaban J connectivity index is 3.04. The fourth-order valence-corrected chi connectivity index (χ4v) is 1.57. The van der Waals surface area contributed by atoms with Crippen LogP contribution in [-0.4, -0.2) is 19.2 Å². The van der Waals surface area contributed by atoms with E-state index in [1.54, 1.807) is 6.07 Å². The van der Waals surface area contributed by atoms with Crippen LogP contribution in [0.15, 0.2) is 12.1 Å². The van der Waals surface area contributed by atoms with Gasteiger partial charge in [-0.05, 0) is 18.1 Å². The normalized spacial score (nSPS) is 12.0. The second kappa shape index (κ2) is 5.82. The summed E-state index contributed by atoms with van der Waals surface area (Å²) in [6.07, 6.45) is 0.446. The molecule has 2 N–H and O–H groups in total. The third kappa shape index (κ3) is 3.30. The van der Waals surface area contributed by atoms with Gasteiger partial charge in [0, 0.05) is 12.0 Å². The second-order valence-electron chi connectivity index (χ2n) is 3.81. The first kappa shape index (κ1) is 13.7. The molecule has 0 saturated carbocycles. The number of methoxy groups -OCH3 is 2. The van der Waals surface area contributed by atoms with Crippen molar-refractivity contribution in [2.24, 2.45) is 11.7 Å². The first-order chi connectivity index (χ1) is 7.99. The van der Waals surface area contributed by atoms with Gasteiger partial charge >= 0.3 is 0 Å². The summed E-state index contributed by atoms with van der Waals surface area (Å²) >= 11 is 4.87. The third-order valence-electron chi connectivity index (χ3n) is 2.56. The minimum absolute atomic E-state index is 0.0578. The average Bonchev–Trinajstić information content (AvgIpc) is 2.30. The van der Waals surface area contributed by atoms with E-state index in [-0.39, 0.29) is 11.7 Å². The Labute approximate surface area is 106 Å². The van der Waals surface area contributed by atoms with Gasteiger partial charge in [-0.2, -0.15) is 0 Å². The van der Waals surface area contributed by atoms with Crippen molar-refractivity contribution in [3.05, 3.63) is 23.5 Å². The Kier molecular flexibility index (Phi) is 4.69. The second-order valence-corrected chi connectivity index (χ2v) is 4.28. The van der Waals surface area contributed by atoms with Gasteiger partial charge in [-0.15, -0.1) is 0 Å². The molecule has 1 unspecified atom stereocenters. The molecule has 1 atom stereocenters. The van der Waals surface area contributed by atoms with E-state index in [0.29, 0.717) is 28.5 Å². The molecular weight excluding hydrogens is 241 g/mol. The molecule has 0 amide bonds. The summed E-state index contributed by atoms with van der Waals surface area (Å²) in [6, 6.07) is 2.92. The first-order valence-corrected chi connectivity index (χ1v) is 5.60. The van der Waals surface area contributed by atoms with Gasteiger partial charge in [0.05, 0.1) is 19.2 Å². The van der Waals surface area contributed by atoms with Crippen molar-refractivity contribution in [3.8, 4) is 11.5 Å². The van der Waals surface area contributed by atoms with Crippen LogP contribution in [0.5, 0.6) is 11.5 Å². The van der Waals surface area contributed by atoms with Gasteiger partial charge in [-0.1, -0.05) is 19.1 Å². The van der Waals surface area contributed by atoms with E-state index in [4.69, 9.17) is 27.4 Å². The topological polar surface area (TPSA) is 44.5 Å². The minimum atomic E-state index is -0.342. The van der Waals surface area contributed by atoms with Crippen LogP contribution < -0.4 is 15.2 Å². The molecule has 0 aromatic heterocycles. The summed E-state index contributed by atoms with van der Waals surface area (Å²) in [5, 5.41) is 0. The van der Waals surface area contributed by atoms with Crippen LogP contribution in [0.1, 0.15) is 12.5 Å². The SMILES string of the molecule is COc1cc(F)c(CC(C)C(N)=S)cc1OC. The number of hydrogen-bond donors (Lipinski definition) is 1. The van der Waals surface area contributed by atoms with Crippen molar-refractivity contribution >= 4 is 17.2 Å². The number of benzene rings is 1. The molecule has 0 spiro atoms. The van der Waals surface area contributed by atoms with Gasteiger partial charge in [0.1, 0.15) is 5.82 Å². The zero-order valence-corrected chi connectivity index (χ0v) is 10.9. The van der Waals surface area contributed by atoms with Gasteiger partial charge in [0.25, 0.3) is 0 Å². The van der Waals surface area contributed by atoms with Crippen LogP contribution in [0, 0.1) is 11.7 Å². The van der Waals surface area contributed by atoms with Crippen LogP contribution in [0.3, 0.4) is 0 Å². The van der Waals surface area contributed by atoms with Crippen molar-refractivity contribution in [2.75, 3.05) is 14.2 Å². The summed E-state index contributed by atoms with van der Waals surface area (Å²) in [6.45, 7) is 1.86. The van der Waals surface area contributed by atoms with E-state index < -0.39 is 0 Å². The third-order valence-corrected chi connectivity index (χ3v) is 2.97. The summed E-state index contributed by atoms with van der Waals surface area (Å²) < 4.78 is 23.9. The number of nitrogens with two attached hydrogens (primary N) is 1. The summed E-state index contributed by atoms with van der Waals surface area (Å²) in [4.78, 5) is 0.374. The molecule has 1 aromatic rings. The molecule has 5 heteroatoms. The average molecular weight is 257 g/mol. The number of halogens is 1. The van der Waals surface area contributed by atoms with Gasteiger partial charge in [0.2, 0.25) is 0 Å². The Morgan fingerprint density at radius 3 is 2.35 bits per heavy atom. The quantitative estimate of drug-likeness (QED) is 0.822. The molecule has 3 nitrogen and oxygen atoms in total. The van der Waals surface area contributed by atoms with Gasteiger partial charge in [-0.3, -0.25) is 0 Å². The van der Waals surface area contributed by atoms with Gasteiger partial charge < -0.3 is 15.2 Å². The molecule has 0 heterocycles. The number of thiocarbonyl (C=S) groups is 1. The zero-order chi connectivity index (χ0) is 13.0. The lowest BCUT2D eigenvalue weighted by Crippen LogP contribution is -2.20. The van der Waals surface area contributed by atoms with Crippen molar-refractivity contribution < 1.29 is 13.9 Å². The van der Waals surface area contributed by atoms with Gasteiger partial charge in [-0.25, -0.2) is 4.39 Å². The highest BCUT2D eigenvalue weighted by atomic mass is 32.1. The first-order valence-electron chi connectivity index (χ1n) is 5.19. The smallest absolute Gasteiger partial charge is 0.163 e. The highest BCUT2D eigenvalue weighted by Crippen LogP contribution is 2.30. The fourth-order valence-electron chi connectivity index (χ4n) is 1.48. The van der Waals surface area contributed by atoms with Crippen LogP contribution in [0.25, 0.3) is 0 Å². The molecule has 1 rings (SSSR count). The molecular formula is C12H16FNO2S. The highest BCUT2D eigenvalue weighted by molar-refractivity contribution is 7.80. The lowest BCUT2D eigenvalue weighted by atomic mass is 10.0. The Hall–Kier alpha value is -1.36. The van der Waals surface area contributed by atoms with Crippen molar-refractivity contribution in [1.82, 2.24) is 0 Å². The van der Waals surface area contributed by atoms with Crippen LogP contribution in [-0.2, 0) is 6.42 Å². The van der Waals surface area contributed by atoms with Crippen molar-refractivity contribution in [1.29, 1.82) is 0 Å². The van der Waals surface area contributed by atoms with E-state index in [1.807, 2.05) is 6.92 Å². The molecule has 0 aliphatic carbocycles. The molecule has 1 aromatic carbocycles. The predicted molar refractivity (Wildman–Crippen MR) is 69.2 cm³/mol. The molecule has 0 radical (unpaired) electrons. The highest BCUT2D eigenvalue weighted by Gasteiger charge is 2.14. The minimum Gasteiger partial charge on any atom is -0.493 e. The fraction of sp³-hybridized carbons (Fsp3) is 0.417. The largest absolute Gasteiger partial charge is 0.493 e. The van der Waals surface area contributed by atoms with Crippen molar-refractivity contribution in [2.45, 2.75) is 13.3 Å². The van der Waals surface area contributed by atoms with Gasteiger partial charge in [0.15, 0.2) is 11.5 Å². The van der Waals surface area contributed by atoms with Crippen LogP contribution in [0.2, 0.25) is 0 Å². The molecule has 0 aliphatic rings. The monoisotopic (exact) mass is 257 g/mol. The Bertz CT molecular complexity index is 423. The maximum absolute atomic E-state index is 13.8. The molecule has 0 bridgehead atoms. The van der Waals surface area contributed by atoms with Crippen LogP contribution in [0.4, 0.5) is 4.39 Å². The molecule has 17 heavy (non-hydrogen) atoms. The Morgan fingerprint density at radius 2 is 1.88 bits per heavy atom.